The van der Waals surface area contributed by atoms with Gasteiger partial charge in [-0.2, -0.15) is 0 Å². The lowest BCUT2D eigenvalue weighted by molar-refractivity contribution is 0.0693. The Hall–Kier alpha value is -2.30. The fourth-order valence-electron chi connectivity index (χ4n) is 2.67. The van der Waals surface area contributed by atoms with E-state index in [2.05, 4.69) is 17.5 Å². The van der Waals surface area contributed by atoms with Gasteiger partial charge in [0.15, 0.2) is 0 Å². The van der Waals surface area contributed by atoms with E-state index in [0.717, 1.165) is 32.1 Å². The van der Waals surface area contributed by atoms with Gasteiger partial charge in [0.2, 0.25) is 0 Å². The minimum atomic E-state index is -1.11. The van der Waals surface area contributed by atoms with Crippen LogP contribution in [0.2, 0.25) is 0 Å². The Morgan fingerprint density at radius 1 is 1.18 bits per heavy atom. The van der Waals surface area contributed by atoms with Crippen molar-refractivity contribution < 1.29 is 19.4 Å². The van der Waals surface area contributed by atoms with Crippen LogP contribution in [0.15, 0.2) is 30.4 Å². The van der Waals surface area contributed by atoms with E-state index in [1.165, 1.54) is 13.2 Å². The van der Waals surface area contributed by atoms with E-state index in [0.29, 0.717) is 0 Å². The van der Waals surface area contributed by atoms with Gasteiger partial charge in [0.1, 0.15) is 11.3 Å². The molecule has 118 valence electrons. The molecule has 0 spiro atoms. The Labute approximate surface area is 130 Å². The van der Waals surface area contributed by atoms with E-state index in [-0.39, 0.29) is 28.8 Å². The molecule has 0 fully saturated rings. The van der Waals surface area contributed by atoms with Crippen molar-refractivity contribution in [3.63, 3.8) is 0 Å². The second-order valence-electron chi connectivity index (χ2n) is 5.34. The minimum Gasteiger partial charge on any atom is -0.495 e. The lowest BCUT2D eigenvalue weighted by atomic mass is 10.00. The summed E-state index contributed by atoms with van der Waals surface area (Å²) in [5.74, 6) is -1.28. The number of carboxylic acid groups (broad SMARTS) is 1. The van der Waals surface area contributed by atoms with Gasteiger partial charge in [0, 0.05) is 6.04 Å². The number of hydrogen-bond acceptors (Lipinski definition) is 3. The Balaban J connectivity index is 2.16. The summed E-state index contributed by atoms with van der Waals surface area (Å²) in [6.07, 6.45) is 9.15. The van der Waals surface area contributed by atoms with Crippen LogP contribution in [0.25, 0.3) is 0 Å². The number of amides is 1. The van der Waals surface area contributed by atoms with E-state index in [1.54, 1.807) is 12.1 Å². The van der Waals surface area contributed by atoms with Gasteiger partial charge in [0.05, 0.1) is 12.7 Å². The van der Waals surface area contributed by atoms with Gasteiger partial charge in [-0.05, 0) is 44.2 Å². The molecule has 0 aromatic heterocycles. The first-order valence-electron chi connectivity index (χ1n) is 7.49. The van der Waals surface area contributed by atoms with E-state index >= 15 is 0 Å². The molecule has 1 aromatic rings. The molecule has 5 heteroatoms. The highest BCUT2D eigenvalue weighted by Gasteiger charge is 2.21. The van der Waals surface area contributed by atoms with Crippen LogP contribution in [0.3, 0.4) is 0 Å². The van der Waals surface area contributed by atoms with E-state index in [1.807, 2.05) is 0 Å². The third-order valence-electron chi connectivity index (χ3n) is 3.80. The standard InChI is InChI=1S/C17H21NO4/c1-22-15-13(10-7-11-14(15)17(20)21)16(19)18-12-8-5-3-2-4-6-9-12/h2-3,7,10-12H,4-6,8-9H2,1H3,(H,18,19)(H,20,21)/b3-2-. The summed E-state index contributed by atoms with van der Waals surface area (Å²) in [6.45, 7) is 0. The number of rotatable bonds is 4. The van der Waals surface area contributed by atoms with Crippen molar-refractivity contribution in [2.45, 2.75) is 38.1 Å². The maximum Gasteiger partial charge on any atom is 0.339 e. The number of methoxy groups -OCH3 is 1. The number of para-hydroxylation sites is 1. The van der Waals surface area contributed by atoms with Crippen LogP contribution in [-0.2, 0) is 0 Å². The van der Waals surface area contributed by atoms with E-state index < -0.39 is 5.97 Å². The summed E-state index contributed by atoms with van der Waals surface area (Å²) in [7, 11) is 1.37. The number of allylic oxidation sites excluding steroid dienone is 2. The van der Waals surface area contributed by atoms with Crippen LogP contribution in [0.1, 0.15) is 52.8 Å². The predicted octanol–water partition coefficient (Wildman–Crippen LogP) is 3.01. The molecule has 1 aliphatic rings. The Morgan fingerprint density at radius 3 is 2.64 bits per heavy atom. The SMILES string of the molecule is COc1c(C(=O)O)cccc1C(=O)NC1CC/C=C\CCC1. The van der Waals surface area contributed by atoms with E-state index in [4.69, 9.17) is 4.74 Å². The summed E-state index contributed by atoms with van der Waals surface area (Å²) in [5.41, 5.74) is 0.260. The highest BCUT2D eigenvalue weighted by atomic mass is 16.5. The number of hydrogen-bond donors (Lipinski definition) is 2. The summed E-state index contributed by atoms with van der Waals surface area (Å²) in [4.78, 5) is 23.7. The highest BCUT2D eigenvalue weighted by molar-refractivity contribution is 6.02. The van der Waals surface area contributed by atoms with Crippen molar-refractivity contribution in [1.82, 2.24) is 5.32 Å². The molecule has 1 aliphatic carbocycles. The highest BCUT2D eigenvalue weighted by Crippen LogP contribution is 2.24. The van der Waals surface area contributed by atoms with Crippen molar-refractivity contribution in [2.75, 3.05) is 7.11 Å². The Bertz CT molecular complexity index is 580. The van der Waals surface area contributed by atoms with Gasteiger partial charge in [-0.25, -0.2) is 4.79 Å². The number of aromatic carboxylic acids is 1. The first-order valence-corrected chi connectivity index (χ1v) is 7.49. The second kappa shape index (κ2) is 7.64. The second-order valence-corrected chi connectivity index (χ2v) is 5.34. The molecule has 22 heavy (non-hydrogen) atoms. The van der Waals surface area contributed by atoms with Gasteiger partial charge in [-0.15, -0.1) is 0 Å². The Morgan fingerprint density at radius 2 is 1.91 bits per heavy atom. The van der Waals surface area contributed by atoms with Crippen LogP contribution in [-0.4, -0.2) is 30.1 Å². The number of carbonyl (C=O) groups excluding carboxylic acids is 1. The van der Waals surface area contributed by atoms with Crippen molar-refractivity contribution >= 4 is 11.9 Å². The first kappa shape index (κ1) is 16.1. The average molecular weight is 303 g/mol. The molecular formula is C17H21NO4. The van der Waals surface area contributed by atoms with Gasteiger partial charge in [-0.3, -0.25) is 4.79 Å². The van der Waals surface area contributed by atoms with Crippen molar-refractivity contribution in [3.8, 4) is 5.75 Å². The maximum atomic E-state index is 12.5. The molecule has 2 rings (SSSR count). The molecule has 0 saturated heterocycles. The van der Waals surface area contributed by atoms with E-state index in [9.17, 15) is 14.7 Å². The van der Waals surface area contributed by atoms with Gasteiger partial charge in [-0.1, -0.05) is 18.2 Å². The molecule has 0 aliphatic heterocycles. The lowest BCUT2D eigenvalue weighted by Gasteiger charge is -2.20. The number of benzene rings is 1. The molecule has 0 heterocycles. The van der Waals surface area contributed by atoms with Gasteiger partial charge < -0.3 is 15.2 Å². The normalized spacial score (nSPS) is 19.6. The quantitative estimate of drug-likeness (QED) is 0.838. The van der Waals surface area contributed by atoms with Crippen molar-refractivity contribution in [2.24, 2.45) is 0 Å². The minimum absolute atomic E-state index is 0.00394. The van der Waals surface area contributed by atoms with Crippen molar-refractivity contribution in [3.05, 3.63) is 41.5 Å². The topological polar surface area (TPSA) is 75.6 Å². The zero-order chi connectivity index (χ0) is 15.9. The van der Waals surface area contributed by atoms with Crippen LogP contribution in [0, 0.1) is 0 Å². The van der Waals surface area contributed by atoms with Gasteiger partial charge >= 0.3 is 5.97 Å². The zero-order valence-electron chi connectivity index (χ0n) is 12.7. The maximum absolute atomic E-state index is 12.5. The summed E-state index contributed by atoms with van der Waals surface area (Å²) >= 11 is 0. The fraction of sp³-hybridized carbons (Fsp3) is 0.412. The average Bonchev–Trinajstić information content (AvgIpc) is 2.48. The number of carboxylic acids is 1. The van der Waals surface area contributed by atoms with Crippen LogP contribution < -0.4 is 10.1 Å². The molecule has 5 nitrogen and oxygen atoms in total. The number of carbonyl (C=O) groups is 2. The molecule has 0 saturated carbocycles. The molecular weight excluding hydrogens is 282 g/mol. The molecule has 1 aromatic carbocycles. The number of ether oxygens (including phenoxy) is 1. The third-order valence-corrected chi connectivity index (χ3v) is 3.80. The Kier molecular flexibility index (Phi) is 5.58. The largest absolute Gasteiger partial charge is 0.495 e. The van der Waals surface area contributed by atoms with Gasteiger partial charge in [0.25, 0.3) is 5.91 Å². The molecule has 1 unspecified atom stereocenters. The van der Waals surface area contributed by atoms with Crippen LogP contribution in [0.5, 0.6) is 5.75 Å². The van der Waals surface area contributed by atoms with Crippen molar-refractivity contribution in [1.29, 1.82) is 0 Å². The van der Waals surface area contributed by atoms with Crippen LogP contribution in [0.4, 0.5) is 0 Å². The molecule has 0 radical (unpaired) electrons. The first-order chi connectivity index (χ1) is 10.6. The fourth-order valence-corrected chi connectivity index (χ4v) is 2.67. The molecule has 1 atom stereocenters. The lowest BCUT2D eigenvalue weighted by Crippen LogP contribution is -2.35. The summed E-state index contributed by atoms with van der Waals surface area (Å²) in [6, 6.07) is 4.68. The summed E-state index contributed by atoms with van der Waals surface area (Å²) in [5, 5.41) is 12.2. The van der Waals surface area contributed by atoms with Crippen LogP contribution >= 0.6 is 0 Å². The molecule has 0 bridgehead atoms. The third kappa shape index (κ3) is 3.87. The smallest absolute Gasteiger partial charge is 0.339 e. The molecule has 2 N–H and O–H groups in total. The number of nitrogens with one attached hydrogen (secondary N) is 1. The zero-order valence-corrected chi connectivity index (χ0v) is 12.7. The molecule has 1 amide bonds. The monoisotopic (exact) mass is 303 g/mol. The summed E-state index contributed by atoms with van der Waals surface area (Å²) < 4.78 is 5.14. The predicted molar refractivity (Wildman–Crippen MR) is 83.4 cm³/mol.